The molecule has 1 amide bonds. The molecule has 0 aliphatic heterocycles. The summed E-state index contributed by atoms with van der Waals surface area (Å²) in [5.74, 6) is -0.257. The molecule has 0 aliphatic carbocycles. The second kappa shape index (κ2) is 9.42. The molecule has 0 aliphatic rings. The van der Waals surface area contributed by atoms with Crippen LogP contribution in [0.4, 0.5) is 5.69 Å². The smallest absolute Gasteiger partial charge is 0.276 e. The van der Waals surface area contributed by atoms with Crippen LogP contribution < -0.4 is 10.1 Å². The maximum atomic E-state index is 12.3. The Bertz CT molecular complexity index is 1180. The van der Waals surface area contributed by atoms with Gasteiger partial charge in [-0.25, -0.2) is 0 Å². The van der Waals surface area contributed by atoms with Gasteiger partial charge in [-0.2, -0.15) is 18.4 Å². The lowest BCUT2D eigenvalue weighted by Crippen LogP contribution is -2.20. The number of nitrogens with zero attached hydrogens (tertiary/aromatic N) is 1. The molecule has 0 radical (unpaired) electrons. The van der Waals surface area contributed by atoms with Crippen molar-refractivity contribution in [1.29, 1.82) is 0 Å². The van der Waals surface area contributed by atoms with E-state index in [2.05, 4.69) is 31.2 Å². The number of rotatable bonds is 6. The highest BCUT2D eigenvalue weighted by molar-refractivity contribution is 9.10. The van der Waals surface area contributed by atoms with Crippen LogP contribution in [-0.4, -0.2) is 20.0 Å². The number of anilines is 1. The third kappa shape index (κ3) is 5.69. The second-order valence-corrected chi connectivity index (χ2v) is 9.30. The van der Waals surface area contributed by atoms with Gasteiger partial charge < -0.3 is 5.32 Å². The van der Waals surface area contributed by atoms with Gasteiger partial charge in [0.1, 0.15) is 0 Å². The average molecular weight is 507 g/mol. The highest BCUT2D eigenvalue weighted by Crippen LogP contribution is 2.16. The average Bonchev–Trinajstić information content (AvgIpc) is 2.73. The first kappa shape index (κ1) is 22.0. The Labute approximate surface area is 188 Å². The maximum Gasteiger partial charge on any atom is 0.276 e. The molecular weight excluding hydrogens is 490 g/mol. The molecule has 0 saturated heterocycles. The summed E-state index contributed by atoms with van der Waals surface area (Å²) in [5.41, 5.74) is 2.27. The summed E-state index contributed by atoms with van der Waals surface area (Å²) < 4.78 is 25.4. The highest BCUT2D eigenvalue weighted by atomic mass is 79.9. The van der Waals surface area contributed by atoms with Gasteiger partial charge in [-0.05, 0) is 73.2 Å². The van der Waals surface area contributed by atoms with Crippen LogP contribution in [0.3, 0.4) is 0 Å². The molecule has 0 atom stereocenters. The maximum absolute atomic E-state index is 12.3. The first-order chi connectivity index (χ1) is 14.2. The molecule has 0 fully saturated rings. The van der Waals surface area contributed by atoms with Gasteiger partial charge in [-0.15, -0.1) is 0 Å². The van der Waals surface area contributed by atoms with Crippen LogP contribution in [0.2, 0.25) is 5.02 Å². The zero-order valence-electron chi connectivity index (χ0n) is 15.8. The summed E-state index contributed by atoms with van der Waals surface area (Å²) in [6.07, 6.45) is 0. The van der Waals surface area contributed by atoms with Crippen LogP contribution in [0.5, 0.6) is 0 Å². The fourth-order valence-corrected chi connectivity index (χ4v) is 3.71. The Morgan fingerprint density at radius 3 is 2.07 bits per heavy atom. The van der Waals surface area contributed by atoms with Crippen molar-refractivity contribution in [3.63, 3.8) is 0 Å². The van der Waals surface area contributed by atoms with Crippen LogP contribution in [-0.2, 0) is 10.0 Å². The molecule has 2 N–H and O–H groups in total. The zero-order chi connectivity index (χ0) is 21.7. The fourth-order valence-electron chi connectivity index (χ4n) is 2.46. The third-order valence-corrected chi connectivity index (χ3v) is 6.13. The van der Waals surface area contributed by atoms with Crippen molar-refractivity contribution in [2.75, 3.05) is 5.32 Å². The second-order valence-electron chi connectivity index (χ2n) is 6.28. The lowest BCUT2D eigenvalue weighted by Gasteiger charge is -2.08. The molecule has 0 heterocycles. The monoisotopic (exact) mass is 505 g/mol. The third-order valence-electron chi connectivity index (χ3n) is 4.12. The Morgan fingerprint density at radius 2 is 1.47 bits per heavy atom. The van der Waals surface area contributed by atoms with E-state index < -0.39 is 10.0 Å². The van der Waals surface area contributed by atoms with Crippen LogP contribution >= 0.6 is 27.5 Å². The topological polar surface area (TPSA) is 87.6 Å². The van der Waals surface area contributed by atoms with E-state index in [-0.39, 0.29) is 10.8 Å². The Balaban J connectivity index is 1.66. The van der Waals surface area contributed by atoms with Gasteiger partial charge in [0.25, 0.3) is 15.9 Å². The molecule has 3 aromatic rings. The summed E-state index contributed by atoms with van der Waals surface area (Å²) >= 11 is 9.10. The van der Waals surface area contributed by atoms with E-state index in [1.54, 1.807) is 67.6 Å². The molecule has 0 unspecified atom stereocenters. The number of nitrogens with one attached hydrogen (secondary N) is 2. The van der Waals surface area contributed by atoms with E-state index in [1.807, 2.05) is 0 Å². The minimum Gasteiger partial charge on any atom is -0.322 e. The van der Waals surface area contributed by atoms with E-state index in [0.29, 0.717) is 27.5 Å². The van der Waals surface area contributed by atoms with E-state index >= 15 is 0 Å². The van der Waals surface area contributed by atoms with E-state index in [1.165, 1.54) is 12.1 Å². The largest absolute Gasteiger partial charge is 0.322 e. The molecule has 3 rings (SSSR count). The number of carbonyl (C=O) groups excluding carboxylic acids is 1. The minimum atomic E-state index is -3.76. The van der Waals surface area contributed by atoms with Gasteiger partial charge in [0.05, 0.1) is 10.6 Å². The SMILES string of the molecule is C/C(=N/NS(=O)(=O)c1ccc(Br)cc1)c1ccc(NC(=O)c2ccc(Cl)cc2)cc1. The van der Waals surface area contributed by atoms with Crippen molar-refractivity contribution >= 4 is 54.9 Å². The summed E-state index contributed by atoms with van der Waals surface area (Å²) in [6.45, 7) is 1.69. The van der Waals surface area contributed by atoms with Gasteiger partial charge in [-0.1, -0.05) is 39.7 Å². The highest BCUT2D eigenvalue weighted by Gasteiger charge is 2.13. The lowest BCUT2D eigenvalue weighted by atomic mass is 10.1. The molecule has 0 aromatic heterocycles. The van der Waals surface area contributed by atoms with Crippen LogP contribution in [0.1, 0.15) is 22.8 Å². The predicted molar refractivity (Wildman–Crippen MR) is 123 cm³/mol. The van der Waals surface area contributed by atoms with Crippen molar-refractivity contribution in [3.8, 4) is 0 Å². The van der Waals surface area contributed by atoms with Gasteiger partial charge in [-0.3, -0.25) is 4.79 Å². The standard InChI is InChI=1S/C21H17BrClN3O3S/c1-14(25-26-30(28,29)20-12-6-17(22)7-13-20)15-4-10-19(11-5-15)24-21(27)16-2-8-18(23)9-3-16/h2-13,26H,1H3,(H,24,27)/b25-14-. The zero-order valence-corrected chi connectivity index (χ0v) is 18.9. The van der Waals surface area contributed by atoms with Crippen LogP contribution in [0, 0.1) is 0 Å². The normalized spacial score (nSPS) is 11.8. The number of halogens is 2. The molecule has 0 saturated carbocycles. The molecule has 154 valence electrons. The van der Waals surface area contributed by atoms with Crippen LogP contribution in [0.15, 0.2) is 87.3 Å². The number of benzene rings is 3. The van der Waals surface area contributed by atoms with E-state index in [4.69, 9.17) is 11.6 Å². The minimum absolute atomic E-state index is 0.113. The molecular formula is C21H17BrClN3O3S. The molecule has 6 nitrogen and oxygen atoms in total. The number of amides is 1. The Hall–Kier alpha value is -2.68. The number of carbonyl (C=O) groups is 1. The van der Waals surface area contributed by atoms with Gasteiger partial charge in [0, 0.05) is 20.7 Å². The van der Waals surface area contributed by atoms with Gasteiger partial charge in [0.15, 0.2) is 0 Å². The molecule has 3 aromatic carbocycles. The molecule has 9 heteroatoms. The Kier molecular flexibility index (Phi) is 6.91. The van der Waals surface area contributed by atoms with Gasteiger partial charge >= 0.3 is 0 Å². The summed E-state index contributed by atoms with van der Waals surface area (Å²) in [6, 6.07) is 19.7. The summed E-state index contributed by atoms with van der Waals surface area (Å²) in [5, 5.41) is 7.32. The Morgan fingerprint density at radius 1 is 0.900 bits per heavy atom. The van der Waals surface area contributed by atoms with E-state index in [0.717, 1.165) is 4.47 Å². The van der Waals surface area contributed by atoms with Gasteiger partial charge in [0.2, 0.25) is 0 Å². The number of hydrogen-bond acceptors (Lipinski definition) is 4. The van der Waals surface area contributed by atoms with Crippen molar-refractivity contribution in [2.24, 2.45) is 5.10 Å². The molecule has 30 heavy (non-hydrogen) atoms. The van der Waals surface area contributed by atoms with Crippen LogP contribution in [0.25, 0.3) is 0 Å². The van der Waals surface area contributed by atoms with Crippen molar-refractivity contribution in [2.45, 2.75) is 11.8 Å². The summed E-state index contributed by atoms with van der Waals surface area (Å²) in [4.78, 5) is 14.6. The lowest BCUT2D eigenvalue weighted by molar-refractivity contribution is 0.102. The molecule has 0 bridgehead atoms. The first-order valence-corrected chi connectivity index (χ1v) is 11.4. The van der Waals surface area contributed by atoms with E-state index in [9.17, 15) is 13.2 Å². The molecule has 0 spiro atoms. The van der Waals surface area contributed by atoms with Crippen molar-refractivity contribution in [3.05, 3.63) is 93.4 Å². The quantitative estimate of drug-likeness (QED) is 0.362. The van der Waals surface area contributed by atoms with Crippen molar-refractivity contribution in [1.82, 2.24) is 4.83 Å². The number of hydrazone groups is 1. The fraction of sp³-hybridized carbons (Fsp3) is 0.0476. The number of hydrogen-bond donors (Lipinski definition) is 2. The predicted octanol–water partition coefficient (Wildman–Crippen LogP) is 5.06. The summed E-state index contributed by atoms with van der Waals surface area (Å²) in [7, 11) is -3.76. The first-order valence-electron chi connectivity index (χ1n) is 8.73. The number of sulfonamides is 1. The van der Waals surface area contributed by atoms with Crippen molar-refractivity contribution < 1.29 is 13.2 Å².